The van der Waals surface area contributed by atoms with Crippen molar-refractivity contribution >= 4 is 23.5 Å². The molecule has 0 aliphatic carbocycles. The molecule has 2 aromatic rings. The number of nitrogens with one attached hydrogen (secondary N) is 2. The molecule has 6 nitrogen and oxygen atoms in total. The number of carbonyl (C=O) groups excluding carboxylic acids is 3. The van der Waals surface area contributed by atoms with Crippen LogP contribution in [0.1, 0.15) is 46.0 Å². The van der Waals surface area contributed by atoms with Gasteiger partial charge in [-0.15, -0.1) is 0 Å². The lowest BCUT2D eigenvalue weighted by Crippen LogP contribution is -2.22. The molecule has 0 aliphatic heterocycles. The Morgan fingerprint density at radius 1 is 1.00 bits per heavy atom. The van der Waals surface area contributed by atoms with Gasteiger partial charge in [-0.25, -0.2) is 4.79 Å². The third-order valence-electron chi connectivity index (χ3n) is 3.98. The Balaban J connectivity index is 1.86. The summed E-state index contributed by atoms with van der Waals surface area (Å²) in [6.45, 7) is 1.73. The summed E-state index contributed by atoms with van der Waals surface area (Å²) in [7, 11) is 1.53. The van der Waals surface area contributed by atoms with Gasteiger partial charge in [0, 0.05) is 18.3 Å². The molecule has 2 rings (SSSR count). The van der Waals surface area contributed by atoms with Crippen LogP contribution < -0.4 is 10.6 Å². The van der Waals surface area contributed by atoms with E-state index >= 15 is 0 Å². The molecule has 0 saturated heterocycles. The quantitative estimate of drug-likeness (QED) is 0.701. The van der Waals surface area contributed by atoms with Crippen LogP contribution in [-0.4, -0.2) is 31.4 Å². The van der Waals surface area contributed by atoms with Crippen LogP contribution in [0.25, 0.3) is 0 Å². The second kappa shape index (κ2) is 10.1. The van der Waals surface area contributed by atoms with Gasteiger partial charge in [-0.1, -0.05) is 31.5 Å². The van der Waals surface area contributed by atoms with Gasteiger partial charge < -0.3 is 15.4 Å². The summed E-state index contributed by atoms with van der Waals surface area (Å²) in [5.74, 6) is -1.27. The van der Waals surface area contributed by atoms with E-state index in [2.05, 4.69) is 17.6 Å². The molecule has 2 N–H and O–H groups in total. The summed E-state index contributed by atoms with van der Waals surface area (Å²) in [5, 5.41) is 5.12. The molecule has 0 unspecified atom stereocenters. The van der Waals surface area contributed by atoms with Gasteiger partial charge in [-0.2, -0.15) is 0 Å². The summed E-state index contributed by atoms with van der Waals surface area (Å²) in [4.78, 5) is 35.6. The van der Waals surface area contributed by atoms with E-state index < -0.39 is 18.5 Å². The maximum atomic E-state index is 12.1. The van der Waals surface area contributed by atoms with Gasteiger partial charge in [0.25, 0.3) is 11.8 Å². The molecule has 0 heterocycles. The van der Waals surface area contributed by atoms with Gasteiger partial charge in [-0.05, 0) is 48.7 Å². The molecule has 142 valence electrons. The first-order chi connectivity index (χ1) is 13.0. The predicted molar refractivity (Wildman–Crippen MR) is 104 cm³/mol. The molecule has 6 heteroatoms. The maximum absolute atomic E-state index is 12.1. The van der Waals surface area contributed by atoms with Crippen molar-refractivity contribution in [2.24, 2.45) is 0 Å². The molecule has 0 spiro atoms. The van der Waals surface area contributed by atoms with Crippen molar-refractivity contribution in [3.05, 3.63) is 65.2 Å². The maximum Gasteiger partial charge on any atom is 0.338 e. The monoisotopic (exact) mass is 368 g/mol. The number of anilines is 1. The zero-order chi connectivity index (χ0) is 19.6. The first-order valence-electron chi connectivity index (χ1n) is 8.91. The molecule has 0 aromatic heterocycles. The molecule has 0 saturated carbocycles. The fraction of sp³-hybridized carbons (Fsp3) is 0.286. The fourth-order valence-corrected chi connectivity index (χ4v) is 2.48. The highest BCUT2D eigenvalue weighted by Crippen LogP contribution is 2.11. The van der Waals surface area contributed by atoms with Crippen LogP contribution in [0.5, 0.6) is 0 Å². The number of esters is 1. The standard InChI is InChI=1S/C21H24N2O4/c1-3-4-6-15-9-11-16(12-10-15)21(26)27-14-19(24)23-18-8-5-7-17(13-18)20(25)22-2/h5,7-13H,3-4,6,14H2,1-2H3,(H,22,25)(H,23,24). The third kappa shape index (κ3) is 6.26. The second-order valence-electron chi connectivity index (χ2n) is 6.08. The lowest BCUT2D eigenvalue weighted by atomic mass is 10.1. The Morgan fingerprint density at radius 3 is 2.41 bits per heavy atom. The fourth-order valence-electron chi connectivity index (χ4n) is 2.48. The number of rotatable bonds is 8. The second-order valence-corrected chi connectivity index (χ2v) is 6.08. The molecular weight excluding hydrogens is 344 g/mol. The smallest absolute Gasteiger partial charge is 0.338 e. The van der Waals surface area contributed by atoms with E-state index in [1.165, 1.54) is 12.6 Å². The Hall–Kier alpha value is -3.15. The van der Waals surface area contributed by atoms with Crippen molar-refractivity contribution in [3.63, 3.8) is 0 Å². The molecular formula is C21H24N2O4. The number of unbranched alkanes of at least 4 members (excludes halogenated alkanes) is 1. The first kappa shape index (κ1) is 20.2. The molecule has 2 amide bonds. The van der Waals surface area contributed by atoms with Gasteiger partial charge >= 0.3 is 5.97 Å². The highest BCUT2D eigenvalue weighted by Gasteiger charge is 2.11. The Morgan fingerprint density at radius 2 is 1.74 bits per heavy atom. The molecule has 27 heavy (non-hydrogen) atoms. The Labute approximate surface area is 158 Å². The third-order valence-corrected chi connectivity index (χ3v) is 3.98. The molecule has 0 aliphatic rings. The summed E-state index contributed by atoms with van der Waals surface area (Å²) in [6, 6.07) is 13.7. The number of ether oxygens (including phenoxy) is 1. The molecule has 2 aromatic carbocycles. The van der Waals surface area contributed by atoms with Crippen LogP contribution >= 0.6 is 0 Å². The zero-order valence-electron chi connectivity index (χ0n) is 15.6. The number of hydrogen-bond acceptors (Lipinski definition) is 4. The number of amides is 2. The van der Waals surface area contributed by atoms with Crippen LogP contribution in [-0.2, 0) is 16.0 Å². The average Bonchev–Trinajstić information content (AvgIpc) is 2.70. The van der Waals surface area contributed by atoms with Crippen LogP contribution in [0.2, 0.25) is 0 Å². The minimum atomic E-state index is -0.550. The first-order valence-corrected chi connectivity index (χ1v) is 8.91. The van der Waals surface area contributed by atoms with E-state index in [9.17, 15) is 14.4 Å². The Kier molecular flexibility index (Phi) is 7.55. The minimum absolute atomic E-state index is 0.250. The lowest BCUT2D eigenvalue weighted by Gasteiger charge is -2.08. The van der Waals surface area contributed by atoms with Crippen LogP contribution in [0, 0.1) is 0 Å². The summed E-state index contributed by atoms with van der Waals surface area (Å²) in [5.41, 5.74) is 2.46. The van der Waals surface area contributed by atoms with E-state index in [-0.39, 0.29) is 5.91 Å². The van der Waals surface area contributed by atoms with E-state index in [0.717, 1.165) is 19.3 Å². The minimum Gasteiger partial charge on any atom is -0.452 e. The predicted octanol–water partition coefficient (Wildman–Crippen LogP) is 3.18. The zero-order valence-corrected chi connectivity index (χ0v) is 15.6. The summed E-state index contributed by atoms with van der Waals surface area (Å²) in [6.07, 6.45) is 3.19. The van der Waals surface area contributed by atoms with Gasteiger partial charge in [0.1, 0.15) is 0 Å². The highest BCUT2D eigenvalue weighted by atomic mass is 16.5. The van der Waals surface area contributed by atoms with E-state index in [1.54, 1.807) is 36.4 Å². The van der Waals surface area contributed by atoms with Crippen molar-refractivity contribution in [3.8, 4) is 0 Å². The van der Waals surface area contributed by atoms with Crippen LogP contribution in [0.15, 0.2) is 48.5 Å². The molecule has 0 fully saturated rings. The number of aryl methyl sites for hydroxylation is 1. The largest absolute Gasteiger partial charge is 0.452 e. The van der Waals surface area contributed by atoms with E-state index in [4.69, 9.17) is 4.74 Å². The van der Waals surface area contributed by atoms with E-state index in [1.807, 2.05) is 12.1 Å². The van der Waals surface area contributed by atoms with Crippen molar-refractivity contribution in [2.75, 3.05) is 19.0 Å². The summed E-state index contributed by atoms with van der Waals surface area (Å²) < 4.78 is 5.05. The number of carbonyl (C=O) groups is 3. The lowest BCUT2D eigenvalue weighted by molar-refractivity contribution is -0.119. The SMILES string of the molecule is CCCCc1ccc(C(=O)OCC(=O)Nc2cccc(C(=O)NC)c2)cc1. The van der Waals surface area contributed by atoms with Crippen LogP contribution in [0.3, 0.4) is 0 Å². The van der Waals surface area contributed by atoms with Crippen molar-refractivity contribution in [1.29, 1.82) is 0 Å². The van der Waals surface area contributed by atoms with Gasteiger partial charge in [0.05, 0.1) is 5.56 Å². The van der Waals surface area contributed by atoms with Crippen LogP contribution in [0.4, 0.5) is 5.69 Å². The van der Waals surface area contributed by atoms with Gasteiger partial charge in [0.2, 0.25) is 0 Å². The highest BCUT2D eigenvalue weighted by molar-refractivity contribution is 5.98. The molecule has 0 atom stereocenters. The summed E-state index contributed by atoms with van der Waals surface area (Å²) >= 11 is 0. The number of hydrogen-bond donors (Lipinski definition) is 2. The van der Waals surface area contributed by atoms with Crippen molar-refractivity contribution in [1.82, 2.24) is 5.32 Å². The van der Waals surface area contributed by atoms with Gasteiger partial charge in [-0.3, -0.25) is 9.59 Å². The molecule has 0 bridgehead atoms. The van der Waals surface area contributed by atoms with E-state index in [0.29, 0.717) is 16.8 Å². The topological polar surface area (TPSA) is 84.5 Å². The number of benzene rings is 2. The molecule has 0 radical (unpaired) electrons. The normalized spacial score (nSPS) is 10.1. The van der Waals surface area contributed by atoms with Gasteiger partial charge in [0.15, 0.2) is 6.61 Å². The average molecular weight is 368 g/mol. The Bertz CT molecular complexity index is 800. The van der Waals surface area contributed by atoms with Crippen molar-refractivity contribution < 1.29 is 19.1 Å². The van der Waals surface area contributed by atoms with Crippen molar-refractivity contribution in [2.45, 2.75) is 26.2 Å².